The molecule has 0 aliphatic carbocycles. The molecule has 20 heavy (non-hydrogen) atoms. The second-order valence-electron chi connectivity index (χ2n) is 4.98. The Bertz CT molecular complexity index is 430. The van der Waals surface area contributed by atoms with E-state index in [4.69, 9.17) is 0 Å². The first kappa shape index (κ1) is 16.9. The molecule has 0 heterocycles. The van der Waals surface area contributed by atoms with Crippen LogP contribution in [0.25, 0.3) is 0 Å². The maximum Gasteiger partial charge on any atom is 0.191 e. The van der Waals surface area contributed by atoms with Gasteiger partial charge in [0.25, 0.3) is 0 Å². The molecule has 0 saturated heterocycles. The zero-order chi connectivity index (χ0) is 14.8. The lowest BCUT2D eigenvalue weighted by Crippen LogP contribution is -2.37. The lowest BCUT2D eigenvalue weighted by atomic mass is 10.1. The van der Waals surface area contributed by atoms with Gasteiger partial charge in [0, 0.05) is 20.1 Å². The van der Waals surface area contributed by atoms with Gasteiger partial charge in [-0.1, -0.05) is 23.8 Å². The third-order valence-electron chi connectivity index (χ3n) is 3.24. The van der Waals surface area contributed by atoms with E-state index in [9.17, 15) is 0 Å². The fraction of sp³-hybridized carbons (Fsp3) is 0.562. The van der Waals surface area contributed by atoms with E-state index in [-0.39, 0.29) is 0 Å². The molecule has 1 aromatic rings. The number of aryl methyl sites for hydroxylation is 2. The van der Waals surface area contributed by atoms with E-state index in [0.717, 1.165) is 19.0 Å². The Balaban J connectivity index is 2.34. The van der Waals surface area contributed by atoms with Gasteiger partial charge in [0.2, 0.25) is 0 Å². The molecule has 3 nitrogen and oxygen atoms in total. The number of hydrogen-bond acceptors (Lipinski definition) is 2. The number of guanidine groups is 1. The third-order valence-corrected chi connectivity index (χ3v) is 3.93. The summed E-state index contributed by atoms with van der Waals surface area (Å²) in [6, 6.07) is 6.56. The summed E-state index contributed by atoms with van der Waals surface area (Å²) in [5.74, 6) is 2.12. The van der Waals surface area contributed by atoms with E-state index in [2.05, 4.69) is 53.9 Å². The van der Waals surface area contributed by atoms with Gasteiger partial charge in [0.1, 0.15) is 0 Å². The lowest BCUT2D eigenvalue weighted by Gasteiger charge is -2.13. The highest BCUT2D eigenvalue weighted by Crippen LogP contribution is 2.09. The molecule has 0 atom stereocenters. The topological polar surface area (TPSA) is 36.4 Å². The highest BCUT2D eigenvalue weighted by atomic mass is 32.2. The fourth-order valence-corrected chi connectivity index (χ4v) is 2.51. The number of unbranched alkanes of at least 4 members (excludes halogenated alkanes) is 1. The molecule has 0 amide bonds. The van der Waals surface area contributed by atoms with Gasteiger partial charge in [-0.15, -0.1) is 0 Å². The Labute approximate surface area is 127 Å². The number of rotatable bonds is 7. The van der Waals surface area contributed by atoms with Crippen LogP contribution in [0.15, 0.2) is 23.2 Å². The van der Waals surface area contributed by atoms with Crippen LogP contribution >= 0.6 is 11.8 Å². The Morgan fingerprint density at radius 2 is 2.00 bits per heavy atom. The summed E-state index contributed by atoms with van der Waals surface area (Å²) < 4.78 is 0. The van der Waals surface area contributed by atoms with Crippen molar-refractivity contribution in [2.75, 3.05) is 25.6 Å². The van der Waals surface area contributed by atoms with Crippen LogP contribution in [0, 0.1) is 13.8 Å². The summed E-state index contributed by atoms with van der Waals surface area (Å²) in [6.07, 6.45) is 4.59. The number of nitrogens with one attached hydrogen (secondary N) is 2. The maximum absolute atomic E-state index is 4.26. The molecule has 112 valence electrons. The van der Waals surface area contributed by atoms with Gasteiger partial charge < -0.3 is 10.6 Å². The second-order valence-corrected chi connectivity index (χ2v) is 5.97. The van der Waals surface area contributed by atoms with Crippen molar-refractivity contribution in [3.63, 3.8) is 0 Å². The van der Waals surface area contributed by atoms with Crippen molar-refractivity contribution in [3.8, 4) is 0 Å². The average Bonchev–Trinajstić information content (AvgIpc) is 2.43. The number of nitrogens with zero attached hydrogens (tertiary/aromatic N) is 1. The second kappa shape index (κ2) is 9.70. The van der Waals surface area contributed by atoms with Crippen LogP contribution in [-0.2, 0) is 6.54 Å². The van der Waals surface area contributed by atoms with E-state index in [1.165, 1.54) is 35.3 Å². The monoisotopic (exact) mass is 293 g/mol. The van der Waals surface area contributed by atoms with Crippen molar-refractivity contribution in [1.82, 2.24) is 10.6 Å². The molecule has 0 aliphatic heterocycles. The first-order valence-corrected chi connectivity index (χ1v) is 8.56. The summed E-state index contributed by atoms with van der Waals surface area (Å²) in [5.41, 5.74) is 3.96. The van der Waals surface area contributed by atoms with Gasteiger partial charge in [0.05, 0.1) is 0 Å². The third kappa shape index (κ3) is 6.33. The molecule has 0 spiro atoms. The Kier molecular flexibility index (Phi) is 8.19. The van der Waals surface area contributed by atoms with Gasteiger partial charge in [0.15, 0.2) is 5.96 Å². The van der Waals surface area contributed by atoms with Crippen molar-refractivity contribution < 1.29 is 0 Å². The van der Waals surface area contributed by atoms with E-state index < -0.39 is 0 Å². The summed E-state index contributed by atoms with van der Waals surface area (Å²) in [5, 5.41) is 6.73. The molecule has 0 aliphatic rings. The highest BCUT2D eigenvalue weighted by molar-refractivity contribution is 7.98. The van der Waals surface area contributed by atoms with Gasteiger partial charge >= 0.3 is 0 Å². The van der Waals surface area contributed by atoms with E-state index in [0.29, 0.717) is 0 Å². The molecule has 0 radical (unpaired) electrons. The predicted octanol–water partition coefficient (Wildman–Crippen LogP) is 3.11. The van der Waals surface area contributed by atoms with Crippen molar-refractivity contribution in [3.05, 3.63) is 34.9 Å². The summed E-state index contributed by atoms with van der Waals surface area (Å²) >= 11 is 1.90. The predicted molar refractivity (Wildman–Crippen MR) is 91.7 cm³/mol. The minimum absolute atomic E-state index is 0.816. The molecule has 0 aromatic heterocycles. The van der Waals surface area contributed by atoms with Crippen LogP contribution in [0.2, 0.25) is 0 Å². The average molecular weight is 293 g/mol. The zero-order valence-electron chi connectivity index (χ0n) is 13.1. The summed E-state index contributed by atoms with van der Waals surface area (Å²) in [6.45, 7) is 6.08. The van der Waals surface area contributed by atoms with Crippen LogP contribution in [0.1, 0.15) is 29.5 Å². The SMILES string of the molecule is CN=C(NCCCCSC)NCc1ccc(C)cc1C. The van der Waals surface area contributed by atoms with E-state index in [1.54, 1.807) is 0 Å². The quantitative estimate of drug-likeness (QED) is 0.461. The molecule has 2 N–H and O–H groups in total. The largest absolute Gasteiger partial charge is 0.356 e. The molecular weight excluding hydrogens is 266 g/mol. The van der Waals surface area contributed by atoms with Crippen molar-refractivity contribution >= 4 is 17.7 Å². The fourth-order valence-electron chi connectivity index (χ4n) is 2.02. The van der Waals surface area contributed by atoms with Gasteiger partial charge in [-0.3, -0.25) is 4.99 Å². The van der Waals surface area contributed by atoms with Crippen LogP contribution in [0.4, 0.5) is 0 Å². The molecular formula is C16H27N3S. The summed E-state index contributed by atoms with van der Waals surface area (Å²) in [7, 11) is 1.82. The Morgan fingerprint density at radius 1 is 1.20 bits per heavy atom. The van der Waals surface area contributed by atoms with E-state index in [1.807, 2.05) is 18.8 Å². The van der Waals surface area contributed by atoms with Crippen molar-refractivity contribution in [2.45, 2.75) is 33.2 Å². The Morgan fingerprint density at radius 3 is 2.65 bits per heavy atom. The van der Waals surface area contributed by atoms with E-state index >= 15 is 0 Å². The number of thioether (sulfide) groups is 1. The standard InChI is InChI=1S/C16H27N3S/c1-13-7-8-15(14(2)11-13)12-19-16(17-3)18-9-5-6-10-20-4/h7-8,11H,5-6,9-10,12H2,1-4H3,(H2,17,18,19). The normalized spacial score (nSPS) is 11.5. The smallest absolute Gasteiger partial charge is 0.191 e. The maximum atomic E-state index is 4.26. The summed E-state index contributed by atoms with van der Waals surface area (Å²) in [4.78, 5) is 4.26. The first-order chi connectivity index (χ1) is 9.67. The molecule has 1 rings (SSSR count). The molecule has 0 fully saturated rings. The molecule has 1 aromatic carbocycles. The van der Waals surface area contributed by atoms with Crippen LogP contribution in [0.5, 0.6) is 0 Å². The Hall–Kier alpha value is -1.16. The first-order valence-electron chi connectivity index (χ1n) is 7.17. The number of hydrogen-bond donors (Lipinski definition) is 2. The van der Waals surface area contributed by atoms with Gasteiger partial charge in [-0.25, -0.2) is 0 Å². The highest BCUT2D eigenvalue weighted by Gasteiger charge is 2.01. The number of benzene rings is 1. The van der Waals surface area contributed by atoms with Crippen LogP contribution < -0.4 is 10.6 Å². The minimum atomic E-state index is 0.816. The molecule has 0 unspecified atom stereocenters. The van der Waals surface area contributed by atoms with Crippen molar-refractivity contribution in [1.29, 1.82) is 0 Å². The molecule has 0 saturated carbocycles. The zero-order valence-corrected chi connectivity index (χ0v) is 13.9. The molecule has 4 heteroatoms. The van der Waals surface area contributed by atoms with Crippen LogP contribution in [-0.4, -0.2) is 31.6 Å². The lowest BCUT2D eigenvalue weighted by molar-refractivity contribution is 0.732. The van der Waals surface area contributed by atoms with Crippen molar-refractivity contribution in [2.24, 2.45) is 4.99 Å². The van der Waals surface area contributed by atoms with Crippen LogP contribution in [0.3, 0.4) is 0 Å². The molecule has 0 bridgehead atoms. The minimum Gasteiger partial charge on any atom is -0.356 e. The number of aliphatic imine (C=N–C) groups is 1. The van der Waals surface area contributed by atoms with Gasteiger partial charge in [-0.05, 0) is 49.8 Å². The van der Waals surface area contributed by atoms with Gasteiger partial charge in [-0.2, -0.15) is 11.8 Å².